The predicted octanol–water partition coefficient (Wildman–Crippen LogP) is 2.99. The Balaban J connectivity index is 1.88. The van der Waals surface area contributed by atoms with E-state index in [1.807, 2.05) is 23.1 Å². The predicted molar refractivity (Wildman–Crippen MR) is 72.9 cm³/mol. The zero-order valence-corrected chi connectivity index (χ0v) is 10.9. The summed E-state index contributed by atoms with van der Waals surface area (Å²) in [6.45, 7) is 0.593. The molecule has 4 rings (SSSR count). The number of hydrogen-bond donors (Lipinski definition) is 1. The molecular weight excluding hydrogens is 262 g/mol. The van der Waals surface area contributed by atoms with Crippen molar-refractivity contribution < 1.29 is 4.79 Å². The molecule has 5 heteroatoms. The third kappa shape index (κ3) is 1.67. The molecule has 1 fully saturated rings. The fourth-order valence-electron chi connectivity index (χ4n) is 2.61. The van der Waals surface area contributed by atoms with Crippen LogP contribution in [0.1, 0.15) is 18.4 Å². The van der Waals surface area contributed by atoms with Gasteiger partial charge in [0.15, 0.2) is 0 Å². The van der Waals surface area contributed by atoms with Gasteiger partial charge in [-0.3, -0.25) is 9.89 Å². The molecule has 1 saturated carbocycles. The molecule has 1 aliphatic heterocycles. The van der Waals surface area contributed by atoms with Gasteiger partial charge in [0.1, 0.15) is 0 Å². The van der Waals surface area contributed by atoms with Crippen molar-refractivity contribution in [1.82, 2.24) is 10.2 Å². The summed E-state index contributed by atoms with van der Waals surface area (Å²) in [4.78, 5) is 14.3. The monoisotopic (exact) mass is 273 g/mol. The first-order valence-electron chi connectivity index (χ1n) is 6.37. The molecule has 0 unspecified atom stereocenters. The van der Waals surface area contributed by atoms with Gasteiger partial charge in [-0.1, -0.05) is 11.6 Å². The maximum Gasteiger partial charge on any atom is 0.230 e. The fourth-order valence-corrected chi connectivity index (χ4v) is 2.78. The van der Waals surface area contributed by atoms with Gasteiger partial charge in [0.25, 0.3) is 0 Å². The molecule has 2 heterocycles. The summed E-state index contributed by atoms with van der Waals surface area (Å²) in [5, 5.41) is 7.75. The van der Waals surface area contributed by atoms with Crippen LogP contribution in [0.3, 0.4) is 0 Å². The summed E-state index contributed by atoms with van der Waals surface area (Å²) in [5.41, 5.74) is 3.90. The first-order valence-corrected chi connectivity index (χ1v) is 6.75. The minimum Gasteiger partial charge on any atom is -0.307 e. The lowest BCUT2D eigenvalue weighted by Crippen LogP contribution is -2.34. The molecule has 0 atom stereocenters. The topological polar surface area (TPSA) is 49.0 Å². The lowest BCUT2D eigenvalue weighted by Gasteiger charge is -2.29. The molecule has 1 amide bonds. The largest absolute Gasteiger partial charge is 0.307 e. The van der Waals surface area contributed by atoms with Gasteiger partial charge < -0.3 is 4.90 Å². The number of amides is 1. The van der Waals surface area contributed by atoms with E-state index in [9.17, 15) is 4.79 Å². The standard InChI is InChI=1S/C14H12ClN3O/c15-10-3-4-12-11(5-10)13-9(6-16-17-13)7-18(12)14(19)8-1-2-8/h3-6,8H,1-2,7H2,(H,16,17). The van der Waals surface area contributed by atoms with Gasteiger partial charge in [-0.25, -0.2) is 0 Å². The van der Waals surface area contributed by atoms with Crippen molar-refractivity contribution in [2.45, 2.75) is 19.4 Å². The van der Waals surface area contributed by atoms with Crippen molar-refractivity contribution in [3.05, 3.63) is 35.0 Å². The van der Waals surface area contributed by atoms with E-state index < -0.39 is 0 Å². The summed E-state index contributed by atoms with van der Waals surface area (Å²) in [7, 11) is 0. The molecule has 1 aromatic carbocycles. The second kappa shape index (κ2) is 3.84. The molecule has 0 radical (unpaired) electrons. The van der Waals surface area contributed by atoms with Crippen molar-refractivity contribution in [2.75, 3.05) is 4.90 Å². The maximum atomic E-state index is 12.4. The highest BCUT2D eigenvalue weighted by Crippen LogP contribution is 2.42. The number of rotatable bonds is 1. The molecule has 96 valence electrons. The zero-order valence-electron chi connectivity index (χ0n) is 10.2. The van der Waals surface area contributed by atoms with Gasteiger partial charge >= 0.3 is 0 Å². The Bertz CT molecular complexity index is 675. The van der Waals surface area contributed by atoms with Crippen LogP contribution >= 0.6 is 11.6 Å². The summed E-state index contributed by atoms with van der Waals surface area (Å²) in [6, 6.07) is 5.64. The molecule has 1 aliphatic carbocycles. The Morgan fingerprint density at radius 3 is 3.05 bits per heavy atom. The number of anilines is 1. The van der Waals surface area contributed by atoms with E-state index in [-0.39, 0.29) is 11.8 Å². The van der Waals surface area contributed by atoms with Gasteiger partial charge in [0.2, 0.25) is 5.91 Å². The molecule has 2 aliphatic rings. The van der Waals surface area contributed by atoms with E-state index in [0.29, 0.717) is 11.6 Å². The summed E-state index contributed by atoms with van der Waals surface area (Å²) >= 11 is 6.07. The van der Waals surface area contributed by atoms with Crippen LogP contribution in [0.5, 0.6) is 0 Å². The number of carbonyl (C=O) groups excluding carboxylic acids is 1. The number of halogens is 1. The summed E-state index contributed by atoms with van der Waals surface area (Å²) in [6.07, 6.45) is 3.80. The maximum absolute atomic E-state index is 12.4. The number of hydrogen-bond acceptors (Lipinski definition) is 2. The average molecular weight is 274 g/mol. The fraction of sp³-hybridized carbons (Fsp3) is 0.286. The molecule has 0 bridgehead atoms. The second-order valence-corrected chi connectivity index (χ2v) is 5.57. The quantitative estimate of drug-likeness (QED) is 0.868. The van der Waals surface area contributed by atoms with Crippen LogP contribution in [0.15, 0.2) is 24.4 Å². The lowest BCUT2D eigenvalue weighted by molar-refractivity contribution is -0.119. The number of H-pyrrole nitrogens is 1. The Kier molecular flexibility index (Phi) is 2.23. The van der Waals surface area contributed by atoms with Crippen LogP contribution in [0.25, 0.3) is 11.3 Å². The van der Waals surface area contributed by atoms with Crippen molar-refractivity contribution in [2.24, 2.45) is 5.92 Å². The number of benzene rings is 1. The van der Waals surface area contributed by atoms with Crippen LogP contribution < -0.4 is 4.90 Å². The van der Waals surface area contributed by atoms with Crippen LogP contribution in [-0.2, 0) is 11.3 Å². The van der Waals surface area contributed by atoms with Crippen LogP contribution in [0.2, 0.25) is 5.02 Å². The van der Waals surface area contributed by atoms with Crippen LogP contribution in [0, 0.1) is 5.92 Å². The van der Waals surface area contributed by atoms with E-state index in [2.05, 4.69) is 10.2 Å². The van der Waals surface area contributed by atoms with Crippen LogP contribution in [-0.4, -0.2) is 16.1 Å². The molecule has 1 N–H and O–H groups in total. The Morgan fingerprint density at radius 1 is 1.42 bits per heavy atom. The Labute approximate surface area is 115 Å². The first-order chi connectivity index (χ1) is 9.24. The number of fused-ring (bicyclic) bond motifs is 3. The second-order valence-electron chi connectivity index (χ2n) is 5.13. The van der Waals surface area contributed by atoms with E-state index in [4.69, 9.17) is 11.6 Å². The highest BCUT2D eigenvalue weighted by Gasteiger charge is 2.37. The van der Waals surface area contributed by atoms with Gasteiger partial charge in [0.05, 0.1) is 24.1 Å². The SMILES string of the molecule is O=C(C1CC1)N1Cc2cn[nH]c2-c2cc(Cl)ccc21. The first kappa shape index (κ1) is 11.1. The summed E-state index contributed by atoms with van der Waals surface area (Å²) in [5.74, 6) is 0.424. The summed E-state index contributed by atoms with van der Waals surface area (Å²) < 4.78 is 0. The van der Waals surface area contributed by atoms with Gasteiger partial charge in [-0.05, 0) is 31.0 Å². The minimum absolute atomic E-state index is 0.206. The van der Waals surface area contributed by atoms with E-state index in [1.165, 1.54) is 0 Å². The van der Waals surface area contributed by atoms with Crippen LogP contribution in [0.4, 0.5) is 5.69 Å². The molecule has 1 aromatic heterocycles. The van der Waals surface area contributed by atoms with Crippen molar-refractivity contribution in [3.63, 3.8) is 0 Å². The Morgan fingerprint density at radius 2 is 2.26 bits per heavy atom. The molecule has 19 heavy (non-hydrogen) atoms. The molecular formula is C14H12ClN3O. The van der Waals surface area contributed by atoms with E-state index in [0.717, 1.165) is 35.3 Å². The van der Waals surface area contributed by atoms with Crippen molar-refractivity contribution in [1.29, 1.82) is 0 Å². The van der Waals surface area contributed by atoms with Gasteiger partial charge in [-0.15, -0.1) is 0 Å². The molecule has 0 spiro atoms. The number of nitrogens with zero attached hydrogens (tertiary/aromatic N) is 2. The highest BCUT2D eigenvalue weighted by atomic mass is 35.5. The number of carbonyl (C=O) groups is 1. The number of nitrogens with one attached hydrogen (secondary N) is 1. The van der Waals surface area contributed by atoms with E-state index in [1.54, 1.807) is 6.20 Å². The highest BCUT2D eigenvalue weighted by molar-refractivity contribution is 6.31. The van der Waals surface area contributed by atoms with Crippen molar-refractivity contribution in [3.8, 4) is 11.3 Å². The van der Waals surface area contributed by atoms with Gasteiger partial charge in [-0.2, -0.15) is 5.10 Å². The smallest absolute Gasteiger partial charge is 0.230 e. The van der Waals surface area contributed by atoms with E-state index >= 15 is 0 Å². The van der Waals surface area contributed by atoms with Crippen molar-refractivity contribution >= 4 is 23.2 Å². The number of aromatic amines is 1. The lowest BCUT2D eigenvalue weighted by atomic mass is 9.99. The minimum atomic E-state index is 0.206. The Hall–Kier alpha value is -1.81. The zero-order chi connectivity index (χ0) is 13.0. The number of aromatic nitrogens is 2. The average Bonchev–Trinajstić information content (AvgIpc) is 3.15. The third-order valence-electron chi connectivity index (χ3n) is 3.76. The molecule has 0 saturated heterocycles. The molecule has 2 aromatic rings. The van der Waals surface area contributed by atoms with Gasteiger partial charge in [0, 0.05) is 22.1 Å². The molecule has 4 nitrogen and oxygen atoms in total. The normalized spacial score (nSPS) is 17.0. The third-order valence-corrected chi connectivity index (χ3v) is 3.99.